The molecule has 9 heteroatoms. The highest BCUT2D eigenvalue weighted by molar-refractivity contribution is 6.07. The van der Waals surface area contributed by atoms with E-state index < -0.39 is 23.6 Å². The second-order valence-electron chi connectivity index (χ2n) is 8.14. The number of aromatic nitrogens is 1. The van der Waals surface area contributed by atoms with Crippen molar-refractivity contribution in [2.45, 2.75) is 51.2 Å². The number of amides is 2. The zero-order chi connectivity index (χ0) is 23.0. The molecule has 166 valence electrons. The molecule has 1 unspecified atom stereocenters. The molecule has 0 bridgehead atoms. The molecule has 1 fully saturated rings. The summed E-state index contributed by atoms with van der Waals surface area (Å²) in [5.74, 6) is -5.92. The van der Waals surface area contributed by atoms with Gasteiger partial charge in [0.25, 0.3) is 11.8 Å². The van der Waals surface area contributed by atoms with E-state index in [0.717, 1.165) is 6.07 Å². The Morgan fingerprint density at radius 3 is 2.69 bits per heavy atom. The molecule has 32 heavy (non-hydrogen) atoms. The van der Waals surface area contributed by atoms with Gasteiger partial charge in [-0.05, 0) is 42.2 Å². The third-order valence-corrected chi connectivity index (χ3v) is 5.79. The number of carbonyl (C=O) groups excluding carboxylic acids is 4. The summed E-state index contributed by atoms with van der Waals surface area (Å²) >= 11 is 0. The molecule has 4 rings (SSSR count). The Labute approximate surface area is 182 Å². The minimum Gasteiger partial charge on any atom is -0.346 e. The molecule has 1 N–H and O–H groups in total. The van der Waals surface area contributed by atoms with Gasteiger partial charge in [0.05, 0.1) is 12.5 Å². The smallest absolute Gasteiger partial charge is 0.346 e. The topological polar surface area (TPSA) is 96.4 Å². The average Bonchev–Trinajstić information content (AvgIpc) is 3.08. The summed E-state index contributed by atoms with van der Waals surface area (Å²) in [6, 6.07) is 6.75. The van der Waals surface area contributed by atoms with Gasteiger partial charge in [0.15, 0.2) is 5.78 Å². The molecule has 2 aliphatic rings. The lowest BCUT2D eigenvalue weighted by molar-refractivity contribution is -0.147. The fourth-order valence-corrected chi connectivity index (χ4v) is 4.01. The number of nitrogens with one attached hydrogen (secondary N) is 1. The van der Waals surface area contributed by atoms with Crippen LogP contribution in [0.1, 0.15) is 52.0 Å². The number of Topliss-reactive ketones (excluding diaryl/α,β-unsaturated/α-hetero) is 2. The summed E-state index contributed by atoms with van der Waals surface area (Å²) in [6.45, 7) is 1.75. The van der Waals surface area contributed by atoms with Crippen molar-refractivity contribution in [3.05, 3.63) is 64.5 Å². The monoisotopic (exact) mass is 441 g/mol. The van der Waals surface area contributed by atoms with Crippen molar-refractivity contribution < 1.29 is 28.0 Å². The first kappa shape index (κ1) is 21.7. The van der Waals surface area contributed by atoms with E-state index in [0.29, 0.717) is 28.7 Å². The summed E-state index contributed by atoms with van der Waals surface area (Å²) in [7, 11) is 0. The van der Waals surface area contributed by atoms with E-state index >= 15 is 0 Å². The molecule has 0 radical (unpaired) electrons. The van der Waals surface area contributed by atoms with Gasteiger partial charge in [0.1, 0.15) is 11.5 Å². The summed E-state index contributed by atoms with van der Waals surface area (Å²) in [5.41, 5.74) is 1.70. The number of benzene rings is 1. The summed E-state index contributed by atoms with van der Waals surface area (Å²) in [4.78, 5) is 53.6. The SMILES string of the molecule is Cc1ccc(C(F)(F)C(=O)NCc2ccc3c(c2)CN(C2CCC(=O)CC2=O)C3=O)nc1. The molecular weight excluding hydrogens is 420 g/mol. The Bertz CT molecular complexity index is 1110. The zero-order valence-corrected chi connectivity index (χ0v) is 17.4. The highest BCUT2D eigenvalue weighted by Gasteiger charge is 2.42. The maximum atomic E-state index is 14.4. The molecule has 2 heterocycles. The fraction of sp³-hybridized carbons (Fsp3) is 0.348. The number of alkyl halides is 2. The van der Waals surface area contributed by atoms with Crippen molar-refractivity contribution in [2.75, 3.05) is 0 Å². The van der Waals surface area contributed by atoms with Crippen molar-refractivity contribution in [3.63, 3.8) is 0 Å². The molecule has 2 aromatic rings. The normalized spacial score (nSPS) is 18.7. The molecule has 1 aliphatic carbocycles. The predicted molar refractivity (Wildman–Crippen MR) is 109 cm³/mol. The van der Waals surface area contributed by atoms with Gasteiger partial charge in [0, 0.05) is 31.3 Å². The molecule has 1 aromatic carbocycles. The lowest BCUT2D eigenvalue weighted by Gasteiger charge is -2.29. The molecule has 0 spiro atoms. The number of aryl methyl sites for hydroxylation is 1. The number of hydrogen-bond donors (Lipinski definition) is 1. The second kappa shape index (κ2) is 8.22. The van der Waals surface area contributed by atoms with Gasteiger partial charge in [-0.1, -0.05) is 18.2 Å². The molecule has 1 aliphatic heterocycles. The maximum absolute atomic E-state index is 14.4. The maximum Gasteiger partial charge on any atom is 0.366 e. The van der Waals surface area contributed by atoms with Crippen LogP contribution >= 0.6 is 0 Å². The molecule has 1 aromatic heterocycles. The van der Waals surface area contributed by atoms with Gasteiger partial charge in [-0.2, -0.15) is 8.78 Å². The third-order valence-electron chi connectivity index (χ3n) is 5.79. The van der Waals surface area contributed by atoms with Crippen LogP contribution in [-0.2, 0) is 33.4 Å². The van der Waals surface area contributed by atoms with E-state index in [-0.39, 0.29) is 43.4 Å². The van der Waals surface area contributed by atoms with Crippen LogP contribution in [0.25, 0.3) is 0 Å². The Morgan fingerprint density at radius 2 is 2.00 bits per heavy atom. The van der Waals surface area contributed by atoms with E-state index in [9.17, 15) is 28.0 Å². The van der Waals surface area contributed by atoms with Gasteiger partial charge < -0.3 is 10.2 Å². The standard InChI is InChI=1S/C23H21F2N3O4/c1-13-2-7-20(26-10-13)23(24,25)22(32)27-11-14-3-5-17-15(8-14)12-28(21(17)31)18-6-4-16(29)9-19(18)30/h2-3,5,7-8,10,18H,4,6,9,11-12H2,1H3,(H,27,32). The number of fused-ring (bicyclic) bond motifs is 1. The van der Waals surface area contributed by atoms with Crippen molar-refractivity contribution in [3.8, 4) is 0 Å². The number of hydrogen-bond acceptors (Lipinski definition) is 5. The van der Waals surface area contributed by atoms with Gasteiger partial charge in [-0.25, -0.2) is 0 Å². The van der Waals surface area contributed by atoms with Crippen molar-refractivity contribution in [1.82, 2.24) is 15.2 Å². The van der Waals surface area contributed by atoms with Crippen LogP contribution in [0.15, 0.2) is 36.5 Å². The predicted octanol–water partition coefficient (Wildman–Crippen LogP) is 2.44. The Morgan fingerprint density at radius 1 is 1.22 bits per heavy atom. The summed E-state index contributed by atoms with van der Waals surface area (Å²) in [6.07, 6.45) is 1.68. The molecular formula is C23H21F2N3O4. The first-order valence-corrected chi connectivity index (χ1v) is 10.2. The van der Waals surface area contributed by atoms with Crippen LogP contribution in [0.5, 0.6) is 0 Å². The lowest BCUT2D eigenvalue weighted by Crippen LogP contribution is -2.44. The van der Waals surface area contributed by atoms with E-state index in [4.69, 9.17) is 0 Å². The van der Waals surface area contributed by atoms with Crippen molar-refractivity contribution in [1.29, 1.82) is 0 Å². The molecule has 1 atom stereocenters. The number of nitrogens with zero attached hydrogens (tertiary/aromatic N) is 2. The minimum atomic E-state index is -3.78. The van der Waals surface area contributed by atoms with Crippen molar-refractivity contribution >= 4 is 23.4 Å². The average molecular weight is 441 g/mol. The van der Waals surface area contributed by atoms with Gasteiger partial charge >= 0.3 is 5.92 Å². The first-order valence-electron chi connectivity index (χ1n) is 10.2. The van der Waals surface area contributed by atoms with Crippen LogP contribution in [0.3, 0.4) is 0 Å². The number of halogens is 2. The van der Waals surface area contributed by atoms with E-state index in [1.54, 1.807) is 25.1 Å². The Hall–Kier alpha value is -3.49. The Kier molecular flexibility index (Phi) is 5.58. The highest BCUT2D eigenvalue weighted by Crippen LogP contribution is 2.30. The van der Waals surface area contributed by atoms with Gasteiger partial charge in [-0.3, -0.25) is 24.2 Å². The molecule has 0 saturated heterocycles. The Balaban J connectivity index is 1.43. The summed E-state index contributed by atoms with van der Waals surface area (Å²) in [5, 5.41) is 2.22. The second-order valence-corrected chi connectivity index (χ2v) is 8.14. The molecule has 7 nitrogen and oxygen atoms in total. The number of rotatable bonds is 5. The van der Waals surface area contributed by atoms with E-state index in [1.807, 2.05) is 0 Å². The largest absolute Gasteiger partial charge is 0.366 e. The quantitative estimate of drug-likeness (QED) is 0.719. The van der Waals surface area contributed by atoms with Crippen LogP contribution in [0.4, 0.5) is 8.78 Å². The summed E-state index contributed by atoms with van der Waals surface area (Å²) < 4.78 is 28.8. The zero-order valence-electron chi connectivity index (χ0n) is 17.4. The highest BCUT2D eigenvalue weighted by atomic mass is 19.3. The molecule has 2 amide bonds. The van der Waals surface area contributed by atoms with Crippen LogP contribution in [0, 0.1) is 6.92 Å². The minimum absolute atomic E-state index is 0.119. The third kappa shape index (κ3) is 4.02. The van der Waals surface area contributed by atoms with Crippen LogP contribution < -0.4 is 5.32 Å². The number of pyridine rings is 1. The fourth-order valence-electron chi connectivity index (χ4n) is 4.01. The lowest BCUT2D eigenvalue weighted by atomic mass is 9.92. The van der Waals surface area contributed by atoms with E-state index in [1.165, 1.54) is 17.2 Å². The van der Waals surface area contributed by atoms with Gasteiger partial charge in [0.2, 0.25) is 0 Å². The molecule has 1 saturated carbocycles. The van der Waals surface area contributed by atoms with Crippen LogP contribution in [0.2, 0.25) is 0 Å². The number of ketones is 2. The van der Waals surface area contributed by atoms with Gasteiger partial charge in [-0.15, -0.1) is 0 Å². The van der Waals surface area contributed by atoms with Crippen molar-refractivity contribution in [2.24, 2.45) is 0 Å². The first-order chi connectivity index (χ1) is 15.2. The van der Waals surface area contributed by atoms with E-state index in [2.05, 4.69) is 10.3 Å². The van der Waals surface area contributed by atoms with Crippen LogP contribution in [-0.4, -0.2) is 39.3 Å². The number of carbonyl (C=O) groups is 4.